The summed E-state index contributed by atoms with van der Waals surface area (Å²) in [6.07, 6.45) is -0.406. The lowest BCUT2D eigenvalue weighted by atomic mass is 9.71. The van der Waals surface area contributed by atoms with Crippen LogP contribution in [0, 0.1) is 0 Å². The van der Waals surface area contributed by atoms with Crippen molar-refractivity contribution in [3.8, 4) is 17.2 Å². The molecule has 0 radical (unpaired) electrons. The van der Waals surface area contributed by atoms with Crippen LogP contribution in [0.4, 0.5) is 4.79 Å². The molecule has 2 aliphatic heterocycles. The van der Waals surface area contributed by atoms with Gasteiger partial charge in [0, 0.05) is 24.6 Å². The molecule has 12 nitrogen and oxygen atoms in total. The van der Waals surface area contributed by atoms with E-state index < -0.39 is 52.4 Å². The number of ketones is 2. The van der Waals surface area contributed by atoms with E-state index in [1.807, 2.05) is 18.2 Å². The van der Waals surface area contributed by atoms with Crippen molar-refractivity contribution in [3.63, 3.8) is 0 Å². The maximum atomic E-state index is 13.8. The zero-order chi connectivity index (χ0) is 28.5. The highest BCUT2D eigenvalue weighted by molar-refractivity contribution is 6.26. The Bertz CT molecular complexity index is 1700. The normalized spacial score (nSPS) is 21.3. The molecule has 0 fully saturated rings. The van der Waals surface area contributed by atoms with Crippen molar-refractivity contribution in [3.05, 3.63) is 76.5 Å². The summed E-state index contributed by atoms with van der Waals surface area (Å²) in [5.74, 6) is -3.52. The predicted octanol–water partition coefficient (Wildman–Crippen LogP) is 3.33. The lowest BCUT2D eigenvalue weighted by molar-refractivity contribution is -0.129. The summed E-state index contributed by atoms with van der Waals surface area (Å²) in [6.45, 7) is 2.47. The monoisotopic (exact) mass is 546 g/mol. The number of hydrogen-bond acceptors (Lipinski definition) is 10. The molecule has 0 spiro atoms. The van der Waals surface area contributed by atoms with E-state index in [1.165, 1.54) is 14.0 Å². The summed E-state index contributed by atoms with van der Waals surface area (Å²) in [5.41, 5.74) is -1.92. The molecule has 3 heterocycles. The molecule has 3 aliphatic rings. The van der Waals surface area contributed by atoms with Gasteiger partial charge in [-0.2, -0.15) is 4.90 Å². The zero-order valence-corrected chi connectivity index (χ0v) is 21.4. The number of urea groups is 1. The van der Waals surface area contributed by atoms with Crippen LogP contribution in [0.5, 0.6) is 17.2 Å². The van der Waals surface area contributed by atoms with Gasteiger partial charge in [-0.05, 0) is 26.0 Å². The number of allylic oxidation sites excluding steroid dienone is 3. The largest absolute Gasteiger partial charge is 0.507 e. The van der Waals surface area contributed by atoms with Gasteiger partial charge in [0.2, 0.25) is 0 Å². The molecule has 1 aliphatic carbocycles. The van der Waals surface area contributed by atoms with E-state index in [0.717, 1.165) is 24.5 Å². The summed E-state index contributed by atoms with van der Waals surface area (Å²) in [5, 5.41) is 24.7. The number of benzene rings is 2. The van der Waals surface area contributed by atoms with Crippen LogP contribution in [0.15, 0.2) is 64.0 Å². The van der Waals surface area contributed by atoms with Crippen molar-refractivity contribution < 1.29 is 48.0 Å². The summed E-state index contributed by atoms with van der Waals surface area (Å²) in [7, 11) is 1.23. The number of fused-ring (bicyclic) bond motifs is 6. The van der Waals surface area contributed by atoms with Gasteiger partial charge < -0.3 is 34.2 Å². The van der Waals surface area contributed by atoms with Gasteiger partial charge in [-0.1, -0.05) is 18.2 Å². The summed E-state index contributed by atoms with van der Waals surface area (Å²) >= 11 is 0. The summed E-state index contributed by atoms with van der Waals surface area (Å²) in [6, 6.07) is 9.29. The van der Waals surface area contributed by atoms with Gasteiger partial charge in [0.05, 0.1) is 12.1 Å². The zero-order valence-electron chi connectivity index (χ0n) is 21.4. The van der Waals surface area contributed by atoms with Crippen LogP contribution < -0.4 is 14.8 Å². The molecule has 0 bridgehead atoms. The Morgan fingerprint density at radius 3 is 2.62 bits per heavy atom. The fraction of sp³-hybridized carbons (Fsp3) is 0.214. The van der Waals surface area contributed by atoms with E-state index in [2.05, 4.69) is 5.32 Å². The molecule has 1 aromatic heterocycles. The van der Waals surface area contributed by atoms with Crippen LogP contribution in [0.3, 0.4) is 0 Å². The molecule has 0 saturated heterocycles. The first-order valence-corrected chi connectivity index (χ1v) is 12.1. The molecule has 204 valence electrons. The number of para-hydroxylation sites is 1. The van der Waals surface area contributed by atoms with Gasteiger partial charge >= 0.3 is 6.03 Å². The van der Waals surface area contributed by atoms with E-state index >= 15 is 0 Å². The molecule has 3 aromatic rings. The molecular weight excluding hydrogens is 524 g/mol. The van der Waals surface area contributed by atoms with Crippen LogP contribution in [0.1, 0.15) is 35.5 Å². The number of aromatic hydroxyl groups is 1. The molecule has 6 rings (SSSR count). The number of aliphatic hydroxyl groups excluding tert-OH is 1. The Morgan fingerprint density at radius 2 is 1.93 bits per heavy atom. The topological polar surface area (TPSA) is 165 Å². The van der Waals surface area contributed by atoms with E-state index in [0.29, 0.717) is 16.2 Å². The van der Waals surface area contributed by atoms with Gasteiger partial charge in [-0.25, -0.2) is 4.79 Å². The molecule has 2 aromatic carbocycles. The average molecular weight is 546 g/mol. The second-order valence-corrected chi connectivity index (χ2v) is 9.60. The Kier molecular flexibility index (Phi) is 5.49. The fourth-order valence-corrected chi connectivity index (χ4v) is 5.23. The van der Waals surface area contributed by atoms with Gasteiger partial charge in [-0.15, -0.1) is 0 Å². The van der Waals surface area contributed by atoms with Crippen LogP contribution in [0.25, 0.3) is 11.0 Å². The number of nitrogens with zero attached hydrogens (tertiary/aromatic N) is 1. The number of nitrogens with one attached hydrogen (secondary N) is 1. The first-order chi connectivity index (χ1) is 19.1. The van der Waals surface area contributed by atoms with Crippen LogP contribution in [-0.2, 0) is 26.3 Å². The third-order valence-corrected chi connectivity index (χ3v) is 7.17. The number of carbonyl (C=O) groups is 4. The van der Waals surface area contributed by atoms with Crippen molar-refractivity contribution >= 4 is 34.5 Å². The van der Waals surface area contributed by atoms with Crippen LogP contribution >= 0.6 is 0 Å². The molecule has 2 atom stereocenters. The third kappa shape index (κ3) is 3.42. The van der Waals surface area contributed by atoms with Crippen molar-refractivity contribution in [2.45, 2.75) is 32.2 Å². The number of amides is 3. The minimum atomic E-state index is -1.73. The van der Waals surface area contributed by atoms with Crippen molar-refractivity contribution in [1.82, 2.24) is 10.2 Å². The summed E-state index contributed by atoms with van der Waals surface area (Å²) < 4.78 is 22.5. The molecule has 3 amide bonds. The number of hydrogen-bond donors (Lipinski definition) is 3. The van der Waals surface area contributed by atoms with E-state index in [1.54, 1.807) is 12.1 Å². The molecule has 0 saturated carbocycles. The Balaban J connectivity index is 1.37. The smallest absolute Gasteiger partial charge is 0.329 e. The lowest BCUT2D eigenvalue weighted by Crippen LogP contribution is -2.54. The first kappa shape index (κ1) is 25.2. The number of furan rings is 1. The highest BCUT2D eigenvalue weighted by Crippen LogP contribution is 2.57. The average Bonchev–Trinajstić information content (AvgIpc) is 3.46. The van der Waals surface area contributed by atoms with Gasteiger partial charge in [0.1, 0.15) is 50.9 Å². The molecule has 1 unspecified atom stereocenters. The number of phenolic OH excluding ortho intramolecular Hbond substituents is 1. The van der Waals surface area contributed by atoms with E-state index in [9.17, 15) is 29.4 Å². The van der Waals surface area contributed by atoms with Crippen LogP contribution in [-0.4, -0.2) is 52.1 Å². The van der Waals surface area contributed by atoms with Gasteiger partial charge in [-0.3, -0.25) is 14.4 Å². The highest BCUT2D eigenvalue weighted by Gasteiger charge is 2.56. The Labute approximate surface area is 226 Å². The number of phenols is 1. The van der Waals surface area contributed by atoms with Crippen molar-refractivity contribution in [2.75, 3.05) is 7.11 Å². The lowest BCUT2D eigenvalue weighted by Gasteiger charge is -2.34. The number of aliphatic hydroxyl groups is 1. The summed E-state index contributed by atoms with van der Waals surface area (Å²) in [4.78, 5) is 53.2. The van der Waals surface area contributed by atoms with Crippen molar-refractivity contribution in [2.24, 2.45) is 0 Å². The number of rotatable bonds is 4. The van der Waals surface area contributed by atoms with Crippen molar-refractivity contribution in [1.29, 1.82) is 0 Å². The Hall–Kier alpha value is -5.10. The minimum Gasteiger partial charge on any atom is -0.507 e. The standard InChI is InChI=1S/C28H22N2O10/c1-12(31)20-15(32)10-19-28(2,24(20)34)22-16(33)9-18-21(23(22)40-19)25(35)30(27(37-3)39-18)26(36)29-11-14-8-13-6-4-5-7-17(13)38-14/h4-10,27,32-33H,11H2,1-3H3,(H,29,36)/t27?,28-/m1/s1. The fourth-order valence-electron chi connectivity index (χ4n) is 5.23. The molecule has 40 heavy (non-hydrogen) atoms. The SMILES string of the molecule is COC1Oc2cc(O)c3c(c2C(=O)N1C(=O)NCc1cc2ccccc2o1)OC1=CC(O)=C(C(C)=O)C(=O)[C@]13C. The second-order valence-electron chi connectivity index (χ2n) is 9.60. The van der Waals surface area contributed by atoms with E-state index in [-0.39, 0.29) is 34.9 Å². The quantitative estimate of drug-likeness (QED) is 0.413. The first-order valence-electron chi connectivity index (χ1n) is 12.1. The predicted molar refractivity (Wildman–Crippen MR) is 136 cm³/mol. The van der Waals surface area contributed by atoms with E-state index in [4.69, 9.17) is 18.6 Å². The molecular formula is C28H22N2O10. The number of carbonyl (C=O) groups excluding carboxylic acids is 4. The number of Topliss-reactive ketones (excluding diaryl/α,β-unsaturated/α-hetero) is 2. The second kappa shape index (κ2) is 8.71. The number of methoxy groups -OCH3 is 1. The number of imide groups is 1. The van der Waals surface area contributed by atoms with Gasteiger partial charge in [0.15, 0.2) is 17.3 Å². The maximum absolute atomic E-state index is 13.8. The maximum Gasteiger partial charge on any atom is 0.329 e. The third-order valence-electron chi connectivity index (χ3n) is 7.17. The molecule has 3 N–H and O–H groups in total. The minimum absolute atomic E-state index is 0.0526. The number of ether oxygens (including phenoxy) is 3. The van der Waals surface area contributed by atoms with Gasteiger partial charge in [0.25, 0.3) is 12.3 Å². The van der Waals surface area contributed by atoms with Crippen LogP contribution in [0.2, 0.25) is 0 Å². The highest BCUT2D eigenvalue weighted by atomic mass is 16.7. The molecule has 12 heteroatoms. The Morgan fingerprint density at radius 1 is 1.18 bits per heavy atom.